The van der Waals surface area contributed by atoms with Crippen molar-refractivity contribution in [3.8, 4) is 0 Å². The highest BCUT2D eigenvalue weighted by Crippen LogP contribution is 2.16. The van der Waals surface area contributed by atoms with Gasteiger partial charge in [-0.3, -0.25) is 14.4 Å². The Morgan fingerprint density at radius 2 is 0.539 bits per heavy atom. The van der Waals surface area contributed by atoms with Crippen LogP contribution >= 0.6 is 0 Å². The van der Waals surface area contributed by atoms with E-state index in [9.17, 15) is 14.4 Å². The van der Waals surface area contributed by atoms with Crippen molar-refractivity contribution >= 4 is 17.9 Å². The van der Waals surface area contributed by atoms with E-state index in [-0.39, 0.29) is 31.6 Å². The van der Waals surface area contributed by atoms with Crippen molar-refractivity contribution in [1.82, 2.24) is 0 Å². The van der Waals surface area contributed by atoms with Gasteiger partial charge in [0.2, 0.25) is 0 Å². The van der Waals surface area contributed by atoms with Gasteiger partial charge in [-0.2, -0.15) is 0 Å². The number of esters is 3. The van der Waals surface area contributed by atoms with Crippen molar-refractivity contribution in [3.63, 3.8) is 0 Å². The van der Waals surface area contributed by atoms with Gasteiger partial charge in [0.05, 0.1) is 0 Å². The van der Waals surface area contributed by atoms with E-state index >= 15 is 0 Å². The van der Waals surface area contributed by atoms with E-state index in [4.69, 9.17) is 14.2 Å². The SMILES string of the molecule is CC/C=C\C/C=C\C/C=C\C/C=C\C/C=C\CCCCCCCCCCCCCCCCCCCCCC(=O)OCC(COC(=O)CCCCCCC/C=C\CCC)OC(=O)CC/C=C\C/C=C\C/C=C\C/C=C\CC. The van der Waals surface area contributed by atoms with Gasteiger partial charge in [-0.1, -0.05) is 277 Å². The highest BCUT2D eigenvalue weighted by atomic mass is 16.6. The van der Waals surface area contributed by atoms with Crippen LogP contribution in [0.2, 0.25) is 0 Å². The van der Waals surface area contributed by atoms with E-state index in [0.717, 1.165) is 116 Å². The Morgan fingerprint density at radius 3 is 0.868 bits per heavy atom. The summed E-state index contributed by atoms with van der Waals surface area (Å²) < 4.78 is 16.7. The molecule has 0 spiro atoms. The number of rotatable bonds is 56. The average molecular weight is 1050 g/mol. The van der Waals surface area contributed by atoms with Crippen LogP contribution in [0.15, 0.2) is 122 Å². The fourth-order valence-electron chi connectivity index (χ4n) is 8.55. The topological polar surface area (TPSA) is 78.9 Å². The lowest BCUT2D eigenvalue weighted by Crippen LogP contribution is -2.30. The molecule has 0 fully saturated rings. The molecular weight excluding hydrogens is 937 g/mol. The summed E-state index contributed by atoms with van der Waals surface area (Å²) in [5.41, 5.74) is 0. The number of hydrogen-bond acceptors (Lipinski definition) is 6. The molecular formula is C70H116O6. The summed E-state index contributed by atoms with van der Waals surface area (Å²) in [5.74, 6) is -1.000. The van der Waals surface area contributed by atoms with Crippen LogP contribution in [0.25, 0.3) is 0 Å². The second kappa shape index (κ2) is 63.3. The zero-order valence-corrected chi connectivity index (χ0v) is 49.5. The lowest BCUT2D eigenvalue weighted by molar-refractivity contribution is -0.166. The van der Waals surface area contributed by atoms with E-state index < -0.39 is 12.1 Å². The summed E-state index contributed by atoms with van der Waals surface area (Å²) in [7, 11) is 0. The van der Waals surface area contributed by atoms with Crippen molar-refractivity contribution in [2.75, 3.05) is 13.2 Å². The van der Waals surface area contributed by atoms with Crippen molar-refractivity contribution in [2.24, 2.45) is 0 Å². The van der Waals surface area contributed by atoms with E-state index in [1.165, 1.54) is 122 Å². The molecule has 0 aromatic carbocycles. The molecule has 0 amide bonds. The first-order valence-electron chi connectivity index (χ1n) is 31.5. The maximum Gasteiger partial charge on any atom is 0.306 e. The first kappa shape index (κ1) is 71.8. The fraction of sp³-hybridized carbons (Fsp3) is 0.671. The number of carbonyl (C=O) groups excluding carboxylic acids is 3. The smallest absolute Gasteiger partial charge is 0.306 e. The number of ether oxygens (including phenoxy) is 3. The second-order valence-electron chi connectivity index (χ2n) is 20.5. The van der Waals surface area contributed by atoms with Gasteiger partial charge in [-0.05, 0) is 109 Å². The number of unbranched alkanes of at least 4 members (excludes halogenated alkanes) is 25. The quantitative estimate of drug-likeness (QED) is 0.0261. The van der Waals surface area contributed by atoms with Crippen molar-refractivity contribution < 1.29 is 28.6 Å². The fourth-order valence-corrected chi connectivity index (χ4v) is 8.55. The molecule has 1 unspecified atom stereocenters. The standard InChI is InChI=1S/C70H116O6/c1-4-7-10-13-16-19-22-24-25-26-27-28-29-30-31-32-33-34-35-36-37-38-39-40-41-42-43-44-45-47-48-51-54-57-60-63-69(72)75-66-67(65-74-68(71)62-59-56-53-50-21-18-15-12-9-6-3)76-70(73)64-61-58-55-52-49-46-23-20-17-14-11-8-5-2/h7-8,10-12,15-17,19-20,24-25,27-28,30-31,46,49,55,58,67H,4-6,9,13-14,18,21-23,26,29,32-45,47-48,50-54,56-57,59-66H2,1-3H3/b10-7-,11-8-,15-12-,19-16-,20-17-,25-24-,28-27-,31-30-,49-46-,58-55-. The molecule has 0 aromatic heterocycles. The third kappa shape index (κ3) is 60.7. The summed E-state index contributed by atoms with van der Waals surface area (Å²) in [6.07, 6.45) is 88.3. The Morgan fingerprint density at radius 1 is 0.276 bits per heavy atom. The molecule has 0 aromatic rings. The van der Waals surface area contributed by atoms with Crippen molar-refractivity contribution in [2.45, 2.75) is 290 Å². The molecule has 432 valence electrons. The molecule has 0 saturated heterocycles. The minimum absolute atomic E-state index is 0.108. The Labute approximate surface area is 469 Å². The molecule has 0 saturated carbocycles. The Kier molecular flexibility index (Phi) is 59.9. The largest absolute Gasteiger partial charge is 0.462 e. The summed E-state index contributed by atoms with van der Waals surface area (Å²) in [6.45, 7) is 6.28. The highest BCUT2D eigenvalue weighted by molar-refractivity contribution is 5.71. The monoisotopic (exact) mass is 1050 g/mol. The third-order valence-electron chi connectivity index (χ3n) is 13.2. The van der Waals surface area contributed by atoms with Crippen LogP contribution in [-0.4, -0.2) is 37.2 Å². The summed E-state index contributed by atoms with van der Waals surface area (Å²) in [5, 5.41) is 0. The zero-order chi connectivity index (χ0) is 55.0. The maximum atomic E-state index is 12.8. The third-order valence-corrected chi connectivity index (χ3v) is 13.2. The van der Waals surface area contributed by atoms with Crippen LogP contribution in [0.1, 0.15) is 284 Å². The first-order valence-corrected chi connectivity index (χ1v) is 31.5. The minimum Gasteiger partial charge on any atom is -0.462 e. The molecule has 0 heterocycles. The zero-order valence-electron chi connectivity index (χ0n) is 49.5. The van der Waals surface area contributed by atoms with Crippen LogP contribution in [0.5, 0.6) is 0 Å². The lowest BCUT2D eigenvalue weighted by atomic mass is 10.0. The van der Waals surface area contributed by atoms with Crippen molar-refractivity contribution in [3.05, 3.63) is 122 Å². The van der Waals surface area contributed by atoms with E-state index in [1.807, 2.05) is 12.2 Å². The Bertz CT molecular complexity index is 1590. The van der Waals surface area contributed by atoms with Gasteiger partial charge in [0.1, 0.15) is 13.2 Å². The molecule has 76 heavy (non-hydrogen) atoms. The minimum atomic E-state index is -0.818. The van der Waals surface area contributed by atoms with E-state index in [1.54, 1.807) is 0 Å². The summed E-state index contributed by atoms with van der Waals surface area (Å²) in [4.78, 5) is 38.0. The van der Waals surface area contributed by atoms with Gasteiger partial charge in [0, 0.05) is 19.3 Å². The molecule has 0 aliphatic rings. The molecule has 0 bridgehead atoms. The number of hydrogen-bond donors (Lipinski definition) is 0. The molecule has 0 N–H and O–H groups in total. The van der Waals surface area contributed by atoms with Crippen LogP contribution < -0.4 is 0 Å². The second-order valence-corrected chi connectivity index (χ2v) is 20.5. The molecule has 0 aliphatic carbocycles. The predicted octanol–water partition coefficient (Wildman–Crippen LogP) is 21.6. The molecule has 1 atom stereocenters. The molecule has 0 aliphatic heterocycles. The number of carbonyl (C=O) groups is 3. The molecule has 6 nitrogen and oxygen atoms in total. The normalized spacial score (nSPS) is 12.9. The Balaban J connectivity index is 4.07. The summed E-state index contributed by atoms with van der Waals surface area (Å²) >= 11 is 0. The van der Waals surface area contributed by atoms with Crippen LogP contribution in [0.3, 0.4) is 0 Å². The van der Waals surface area contributed by atoms with Gasteiger partial charge >= 0.3 is 17.9 Å². The van der Waals surface area contributed by atoms with Crippen molar-refractivity contribution in [1.29, 1.82) is 0 Å². The average Bonchev–Trinajstić information content (AvgIpc) is 3.42. The summed E-state index contributed by atoms with van der Waals surface area (Å²) in [6, 6.07) is 0. The van der Waals surface area contributed by atoms with Gasteiger partial charge in [0.15, 0.2) is 6.10 Å². The van der Waals surface area contributed by atoms with Gasteiger partial charge < -0.3 is 14.2 Å². The van der Waals surface area contributed by atoms with Gasteiger partial charge in [-0.15, -0.1) is 0 Å². The van der Waals surface area contributed by atoms with Gasteiger partial charge in [-0.25, -0.2) is 0 Å². The Hall–Kier alpha value is -4.19. The molecule has 6 heteroatoms. The van der Waals surface area contributed by atoms with E-state index in [2.05, 4.69) is 130 Å². The van der Waals surface area contributed by atoms with Crippen LogP contribution in [0, 0.1) is 0 Å². The van der Waals surface area contributed by atoms with Gasteiger partial charge in [0.25, 0.3) is 0 Å². The van der Waals surface area contributed by atoms with Crippen LogP contribution in [-0.2, 0) is 28.6 Å². The van der Waals surface area contributed by atoms with E-state index in [0.29, 0.717) is 19.3 Å². The lowest BCUT2D eigenvalue weighted by Gasteiger charge is -2.18. The predicted molar refractivity (Wildman–Crippen MR) is 330 cm³/mol. The highest BCUT2D eigenvalue weighted by Gasteiger charge is 2.19. The first-order chi connectivity index (χ1) is 37.5. The number of allylic oxidation sites excluding steroid dienone is 20. The van der Waals surface area contributed by atoms with Crippen LogP contribution in [0.4, 0.5) is 0 Å². The maximum absolute atomic E-state index is 12.8. The molecule has 0 radical (unpaired) electrons. The molecule has 0 rings (SSSR count).